The zero-order valence-electron chi connectivity index (χ0n) is 9.79. The van der Waals surface area contributed by atoms with Gasteiger partial charge in [-0.15, -0.1) is 0 Å². The lowest BCUT2D eigenvalue weighted by atomic mass is 10.0. The van der Waals surface area contributed by atoms with Crippen molar-refractivity contribution in [2.45, 2.75) is 12.3 Å². The highest BCUT2D eigenvalue weighted by atomic mass is 19.4. The molecule has 0 radical (unpaired) electrons. The largest absolute Gasteiger partial charge is 0.475 e. The Balaban J connectivity index is 2.42. The van der Waals surface area contributed by atoms with Crippen LogP contribution in [0.25, 0.3) is 6.08 Å². The second-order valence-electron chi connectivity index (χ2n) is 3.80. The lowest BCUT2D eigenvalue weighted by molar-refractivity contribution is -0.186. The highest BCUT2D eigenvalue weighted by Gasteiger charge is 2.48. The molecule has 0 saturated carbocycles. The average Bonchev–Trinajstić information content (AvgIpc) is 2.42. The number of hydrogen-bond acceptors (Lipinski definition) is 5. The molecule has 0 saturated heterocycles. The van der Waals surface area contributed by atoms with Crippen LogP contribution in [0.15, 0.2) is 35.0 Å². The van der Waals surface area contributed by atoms with E-state index in [-0.39, 0.29) is 5.75 Å². The molecule has 20 heavy (non-hydrogen) atoms. The molecular formula is C12H8F3NO4. The summed E-state index contributed by atoms with van der Waals surface area (Å²) in [6.07, 6.45) is -5.85. The fourth-order valence-electron chi connectivity index (χ4n) is 1.69. The Morgan fingerprint density at radius 2 is 2.10 bits per heavy atom. The molecule has 0 spiro atoms. The maximum absolute atomic E-state index is 12.9. The van der Waals surface area contributed by atoms with E-state index < -0.39 is 23.8 Å². The van der Waals surface area contributed by atoms with Crippen molar-refractivity contribution in [1.29, 1.82) is 0 Å². The van der Waals surface area contributed by atoms with Crippen LogP contribution in [-0.2, 0) is 9.53 Å². The molecule has 1 aliphatic rings. The summed E-state index contributed by atoms with van der Waals surface area (Å²) in [4.78, 5) is 11.6. The number of ether oxygens (including phenoxy) is 2. The molecule has 5 nitrogen and oxygen atoms in total. The Labute approximate surface area is 110 Å². The van der Waals surface area contributed by atoms with Crippen molar-refractivity contribution in [2.24, 2.45) is 5.16 Å². The average molecular weight is 287 g/mol. The SMILES string of the molecule is O=C(OC=NO)C1=Cc2ccccc2OC1C(F)(F)F. The fourth-order valence-corrected chi connectivity index (χ4v) is 1.69. The van der Waals surface area contributed by atoms with E-state index in [4.69, 9.17) is 9.94 Å². The minimum Gasteiger partial charge on any atom is -0.475 e. The lowest BCUT2D eigenvalue weighted by Gasteiger charge is -2.27. The van der Waals surface area contributed by atoms with Crippen LogP contribution in [0.4, 0.5) is 13.2 Å². The summed E-state index contributed by atoms with van der Waals surface area (Å²) in [6, 6.07) is 5.96. The Morgan fingerprint density at radius 1 is 1.40 bits per heavy atom. The van der Waals surface area contributed by atoms with Gasteiger partial charge < -0.3 is 14.7 Å². The van der Waals surface area contributed by atoms with Crippen molar-refractivity contribution in [3.8, 4) is 5.75 Å². The molecule has 2 rings (SSSR count). The van der Waals surface area contributed by atoms with Crippen LogP contribution in [0.2, 0.25) is 0 Å². The van der Waals surface area contributed by atoms with Crippen LogP contribution < -0.4 is 4.74 Å². The lowest BCUT2D eigenvalue weighted by Crippen LogP contribution is -2.40. The Hall–Kier alpha value is -2.51. The summed E-state index contributed by atoms with van der Waals surface area (Å²) in [7, 11) is 0. The van der Waals surface area contributed by atoms with Crippen LogP contribution >= 0.6 is 0 Å². The summed E-state index contributed by atoms with van der Waals surface area (Å²) in [6.45, 7) is 0. The van der Waals surface area contributed by atoms with Gasteiger partial charge in [-0.2, -0.15) is 13.2 Å². The molecule has 1 aromatic carbocycles. The Morgan fingerprint density at radius 3 is 2.75 bits per heavy atom. The molecule has 1 atom stereocenters. The number of carbonyl (C=O) groups is 1. The van der Waals surface area contributed by atoms with E-state index in [1.54, 1.807) is 6.07 Å². The minimum absolute atomic E-state index is 0.0159. The number of para-hydroxylation sites is 1. The predicted molar refractivity (Wildman–Crippen MR) is 61.3 cm³/mol. The molecule has 8 heteroatoms. The summed E-state index contributed by atoms with van der Waals surface area (Å²) < 4.78 is 47.8. The third-order valence-electron chi connectivity index (χ3n) is 2.50. The number of oxime groups is 1. The normalized spacial score (nSPS) is 18.1. The zero-order chi connectivity index (χ0) is 14.8. The van der Waals surface area contributed by atoms with E-state index in [0.29, 0.717) is 12.0 Å². The topological polar surface area (TPSA) is 68.1 Å². The van der Waals surface area contributed by atoms with E-state index in [9.17, 15) is 18.0 Å². The maximum atomic E-state index is 12.9. The maximum Gasteiger partial charge on any atom is 0.430 e. The number of alkyl halides is 3. The predicted octanol–water partition coefficient (Wildman–Crippen LogP) is 2.35. The van der Waals surface area contributed by atoms with Crippen LogP contribution in [-0.4, -0.2) is 29.9 Å². The highest BCUT2D eigenvalue weighted by Crippen LogP contribution is 2.37. The third-order valence-corrected chi connectivity index (χ3v) is 2.50. The van der Waals surface area contributed by atoms with Gasteiger partial charge in [-0.3, -0.25) is 0 Å². The molecule has 0 aliphatic carbocycles. The third kappa shape index (κ3) is 2.73. The quantitative estimate of drug-likeness (QED) is 0.298. The number of hydrogen-bond donors (Lipinski definition) is 1. The molecule has 106 valence electrons. The summed E-state index contributed by atoms with van der Waals surface area (Å²) in [5, 5.41) is 10.5. The molecule has 1 heterocycles. The summed E-state index contributed by atoms with van der Waals surface area (Å²) in [5.74, 6) is -1.29. The minimum atomic E-state index is -4.78. The number of esters is 1. The first kappa shape index (κ1) is 13.9. The molecule has 1 N–H and O–H groups in total. The molecule has 0 fully saturated rings. The Kier molecular flexibility index (Phi) is 3.64. The van der Waals surface area contributed by atoms with Crippen molar-refractivity contribution in [3.63, 3.8) is 0 Å². The van der Waals surface area contributed by atoms with E-state index >= 15 is 0 Å². The molecule has 1 aliphatic heterocycles. The molecule has 0 aromatic heterocycles. The summed E-state index contributed by atoms with van der Waals surface area (Å²) in [5.41, 5.74) is -0.406. The van der Waals surface area contributed by atoms with Gasteiger partial charge >= 0.3 is 12.1 Å². The second kappa shape index (κ2) is 5.24. The molecule has 0 bridgehead atoms. The van der Waals surface area contributed by atoms with Crippen molar-refractivity contribution in [2.75, 3.05) is 0 Å². The number of halogens is 3. The number of carbonyl (C=O) groups excluding carboxylic acids is 1. The smallest absolute Gasteiger partial charge is 0.430 e. The van der Waals surface area contributed by atoms with Gasteiger partial charge in [0.15, 0.2) is 0 Å². The first-order chi connectivity index (χ1) is 9.43. The molecule has 1 unspecified atom stereocenters. The highest BCUT2D eigenvalue weighted by molar-refractivity contribution is 5.99. The van der Waals surface area contributed by atoms with Gasteiger partial charge in [-0.25, -0.2) is 4.79 Å². The van der Waals surface area contributed by atoms with Gasteiger partial charge in [-0.05, 0) is 12.1 Å². The van der Waals surface area contributed by atoms with E-state index in [1.807, 2.05) is 0 Å². The molecular weight excluding hydrogens is 279 g/mol. The van der Waals surface area contributed by atoms with Crippen molar-refractivity contribution in [3.05, 3.63) is 35.4 Å². The monoisotopic (exact) mass is 287 g/mol. The number of benzene rings is 1. The zero-order valence-corrected chi connectivity index (χ0v) is 9.79. The second-order valence-corrected chi connectivity index (χ2v) is 3.80. The fraction of sp³-hybridized carbons (Fsp3) is 0.167. The Bertz CT molecular complexity index is 580. The van der Waals surface area contributed by atoms with Gasteiger partial charge in [0, 0.05) is 5.56 Å². The number of rotatable bonds is 2. The molecule has 0 amide bonds. The van der Waals surface area contributed by atoms with Crippen LogP contribution in [0, 0.1) is 0 Å². The van der Waals surface area contributed by atoms with Crippen LogP contribution in [0.1, 0.15) is 5.56 Å². The van der Waals surface area contributed by atoms with Gasteiger partial charge in [0.1, 0.15) is 5.75 Å². The summed E-state index contributed by atoms with van der Waals surface area (Å²) >= 11 is 0. The van der Waals surface area contributed by atoms with Gasteiger partial charge in [0.25, 0.3) is 0 Å². The number of fused-ring (bicyclic) bond motifs is 1. The van der Waals surface area contributed by atoms with E-state index in [2.05, 4.69) is 9.89 Å². The van der Waals surface area contributed by atoms with Crippen LogP contribution in [0.5, 0.6) is 5.75 Å². The van der Waals surface area contributed by atoms with Crippen molar-refractivity contribution >= 4 is 18.4 Å². The molecule has 1 aromatic rings. The van der Waals surface area contributed by atoms with E-state index in [0.717, 1.165) is 6.08 Å². The van der Waals surface area contributed by atoms with Gasteiger partial charge in [0.2, 0.25) is 12.5 Å². The first-order valence-corrected chi connectivity index (χ1v) is 5.34. The van der Waals surface area contributed by atoms with Crippen LogP contribution in [0.3, 0.4) is 0 Å². The first-order valence-electron chi connectivity index (χ1n) is 5.34. The van der Waals surface area contributed by atoms with Crippen molar-refractivity contribution in [1.82, 2.24) is 0 Å². The van der Waals surface area contributed by atoms with Crippen molar-refractivity contribution < 1.29 is 32.6 Å². The van der Waals surface area contributed by atoms with Gasteiger partial charge in [0.05, 0.1) is 5.57 Å². The van der Waals surface area contributed by atoms with Gasteiger partial charge in [-0.1, -0.05) is 23.4 Å². The standard InChI is InChI=1S/C12H8F3NO4/c13-12(14,15)10-8(11(17)19-6-16-18)5-7-3-1-2-4-9(7)20-10/h1-6,10,18H. The van der Waals surface area contributed by atoms with E-state index in [1.165, 1.54) is 18.2 Å². The number of nitrogens with zero attached hydrogens (tertiary/aromatic N) is 1.